The Balaban J connectivity index is 1.51. The Bertz CT molecular complexity index is 928. The van der Waals surface area contributed by atoms with Gasteiger partial charge < -0.3 is 0 Å². The molecule has 0 N–H and O–H groups in total. The molecule has 1 saturated carbocycles. The zero-order valence-corrected chi connectivity index (χ0v) is 17.9. The van der Waals surface area contributed by atoms with Crippen LogP contribution < -0.4 is 10.6 Å². The fourth-order valence-electron chi connectivity index (χ4n) is 5.22. The van der Waals surface area contributed by atoms with Gasteiger partial charge >= 0.3 is 0 Å². The number of hydrogen-bond acceptors (Lipinski definition) is 0. The molecule has 0 amide bonds. The van der Waals surface area contributed by atoms with Crippen LogP contribution in [0.5, 0.6) is 0 Å². The van der Waals surface area contributed by atoms with Crippen LogP contribution in [0.4, 0.5) is 0 Å². The normalized spacial score (nSPS) is 19.2. The highest BCUT2D eigenvalue weighted by molar-refractivity contribution is 7.73. The van der Waals surface area contributed by atoms with E-state index in [1.54, 1.807) is 11.1 Å². The van der Waals surface area contributed by atoms with Crippen molar-refractivity contribution in [3.8, 4) is 0 Å². The molecular weight excluding hydrogens is 367 g/mol. The molecule has 1 atom stereocenters. The molecule has 0 aromatic heterocycles. The van der Waals surface area contributed by atoms with Crippen LogP contribution in [0.1, 0.15) is 49.1 Å². The maximum Gasteiger partial charge on any atom is 0.00584 e. The van der Waals surface area contributed by atoms with Gasteiger partial charge in [-0.05, 0) is 54.0 Å². The minimum atomic E-state index is -0.391. The molecule has 2 aliphatic rings. The van der Waals surface area contributed by atoms with Gasteiger partial charge in [0.25, 0.3) is 0 Å². The standard InChI is InChI=1S/C28H29P/c1-4-12-22(13-5-1)28-20-23(26-18-10-11-19-27(26)28)21-29(24-14-6-2-7-15-24)25-16-8-3-9-17-25/h2-3,6-11,14-20,22,28H,1,4-5,12-13,21H2. The van der Waals surface area contributed by atoms with Crippen LogP contribution >= 0.6 is 7.92 Å². The molecule has 0 aliphatic heterocycles. The maximum absolute atomic E-state index is 2.65. The lowest BCUT2D eigenvalue weighted by atomic mass is 9.78. The van der Waals surface area contributed by atoms with Gasteiger partial charge in [0.15, 0.2) is 0 Å². The summed E-state index contributed by atoms with van der Waals surface area (Å²) in [5.74, 6) is 1.46. The molecule has 29 heavy (non-hydrogen) atoms. The minimum Gasteiger partial charge on any atom is -0.0725 e. The number of fused-ring (bicyclic) bond motifs is 1. The summed E-state index contributed by atoms with van der Waals surface area (Å²) >= 11 is 0. The van der Waals surface area contributed by atoms with E-state index in [-0.39, 0.29) is 0 Å². The van der Waals surface area contributed by atoms with Crippen LogP contribution in [-0.2, 0) is 0 Å². The third-order valence-corrected chi connectivity index (χ3v) is 9.17. The molecule has 1 heteroatoms. The highest BCUT2D eigenvalue weighted by Gasteiger charge is 2.31. The predicted molar refractivity (Wildman–Crippen MR) is 128 cm³/mol. The fraction of sp³-hybridized carbons (Fsp3) is 0.286. The Hall–Kier alpha value is -2.17. The minimum absolute atomic E-state index is 0.391. The highest BCUT2D eigenvalue weighted by atomic mass is 31.1. The molecule has 1 unspecified atom stereocenters. The van der Waals surface area contributed by atoms with E-state index in [1.807, 2.05) is 0 Å². The second-order valence-electron chi connectivity index (χ2n) is 8.46. The zero-order valence-electron chi connectivity index (χ0n) is 17.0. The summed E-state index contributed by atoms with van der Waals surface area (Å²) < 4.78 is 0. The second-order valence-corrected chi connectivity index (χ2v) is 10.7. The molecular formula is C28H29P. The Morgan fingerprint density at radius 2 is 1.24 bits per heavy atom. The summed E-state index contributed by atoms with van der Waals surface area (Å²) in [4.78, 5) is 0. The molecule has 0 bridgehead atoms. The van der Waals surface area contributed by atoms with Gasteiger partial charge in [0.1, 0.15) is 0 Å². The molecule has 3 aromatic carbocycles. The average Bonchev–Trinajstić information content (AvgIpc) is 3.18. The van der Waals surface area contributed by atoms with Crippen molar-refractivity contribution < 1.29 is 0 Å². The topological polar surface area (TPSA) is 0 Å². The highest BCUT2D eigenvalue weighted by Crippen LogP contribution is 2.48. The van der Waals surface area contributed by atoms with Gasteiger partial charge in [0, 0.05) is 12.1 Å². The van der Waals surface area contributed by atoms with E-state index in [4.69, 9.17) is 0 Å². The van der Waals surface area contributed by atoms with Crippen LogP contribution in [0.3, 0.4) is 0 Å². The van der Waals surface area contributed by atoms with Gasteiger partial charge in [-0.15, -0.1) is 0 Å². The summed E-state index contributed by atoms with van der Waals surface area (Å²) in [5, 5.41) is 2.96. The molecule has 0 radical (unpaired) electrons. The number of allylic oxidation sites excluding steroid dienone is 2. The first-order chi connectivity index (χ1) is 14.4. The lowest BCUT2D eigenvalue weighted by Gasteiger charge is -2.27. The summed E-state index contributed by atoms with van der Waals surface area (Å²) in [6.45, 7) is 0. The van der Waals surface area contributed by atoms with Crippen LogP contribution in [-0.4, -0.2) is 6.16 Å². The van der Waals surface area contributed by atoms with Gasteiger partial charge in [-0.3, -0.25) is 0 Å². The fourth-order valence-corrected chi connectivity index (χ4v) is 7.56. The van der Waals surface area contributed by atoms with E-state index in [2.05, 4.69) is 91.0 Å². The van der Waals surface area contributed by atoms with Crippen molar-refractivity contribution in [3.63, 3.8) is 0 Å². The van der Waals surface area contributed by atoms with Gasteiger partial charge in [0.2, 0.25) is 0 Å². The van der Waals surface area contributed by atoms with E-state index in [9.17, 15) is 0 Å². The summed E-state index contributed by atoms with van der Waals surface area (Å²) in [6, 6.07) is 31.5. The summed E-state index contributed by atoms with van der Waals surface area (Å²) in [7, 11) is -0.391. The van der Waals surface area contributed by atoms with Crippen molar-refractivity contribution >= 4 is 24.1 Å². The first-order valence-corrected chi connectivity index (χ1v) is 12.6. The monoisotopic (exact) mass is 396 g/mol. The van der Waals surface area contributed by atoms with Crippen molar-refractivity contribution in [1.29, 1.82) is 0 Å². The second kappa shape index (κ2) is 8.68. The van der Waals surface area contributed by atoms with Crippen LogP contribution in [0, 0.1) is 5.92 Å². The van der Waals surface area contributed by atoms with Crippen LogP contribution in [0.15, 0.2) is 91.0 Å². The van der Waals surface area contributed by atoms with E-state index in [1.165, 1.54) is 48.3 Å². The molecule has 0 nitrogen and oxygen atoms in total. The lowest BCUT2D eigenvalue weighted by molar-refractivity contribution is 0.334. The predicted octanol–water partition coefficient (Wildman–Crippen LogP) is 6.88. The van der Waals surface area contributed by atoms with E-state index in [0.717, 1.165) is 12.1 Å². The molecule has 0 saturated heterocycles. The smallest absolute Gasteiger partial charge is 0.00584 e. The molecule has 0 heterocycles. The first kappa shape index (κ1) is 18.8. The third kappa shape index (κ3) is 3.96. The van der Waals surface area contributed by atoms with Gasteiger partial charge in [0.05, 0.1) is 0 Å². The largest absolute Gasteiger partial charge is 0.0725 e. The van der Waals surface area contributed by atoms with Gasteiger partial charge in [-0.2, -0.15) is 0 Å². The molecule has 3 aromatic rings. The lowest BCUT2D eigenvalue weighted by Crippen LogP contribution is -2.14. The maximum atomic E-state index is 2.65. The first-order valence-electron chi connectivity index (χ1n) is 11.1. The third-order valence-electron chi connectivity index (χ3n) is 6.67. The number of rotatable bonds is 5. The average molecular weight is 397 g/mol. The van der Waals surface area contributed by atoms with Crippen LogP contribution in [0.25, 0.3) is 5.57 Å². The molecule has 1 fully saturated rings. The van der Waals surface area contributed by atoms with Crippen molar-refractivity contribution in [2.75, 3.05) is 6.16 Å². The van der Waals surface area contributed by atoms with Crippen LogP contribution in [0.2, 0.25) is 0 Å². The number of hydrogen-bond donors (Lipinski definition) is 0. The molecule has 2 aliphatic carbocycles. The summed E-state index contributed by atoms with van der Waals surface area (Å²) in [6.07, 6.45) is 10.8. The van der Waals surface area contributed by atoms with E-state index < -0.39 is 7.92 Å². The Kier molecular flexibility index (Phi) is 5.64. The van der Waals surface area contributed by atoms with E-state index in [0.29, 0.717) is 5.92 Å². The van der Waals surface area contributed by atoms with Crippen molar-refractivity contribution in [2.24, 2.45) is 5.92 Å². The van der Waals surface area contributed by atoms with Crippen molar-refractivity contribution in [2.45, 2.75) is 38.0 Å². The Labute approximate surface area is 176 Å². The van der Waals surface area contributed by atoms with Crippen molar-refractivity contribution in [3.05, 3.63) is 102 Å². The van der Waals surface area contributed by atoms with Crippen molar-refractivity contribution in [1.82, 2.24) is 0 Å². The quantitative estimate of drug-likeness (QED) is 0.412. The van der Waals surface area contributed by atoms with E-state index >= 15 is 0 Å². The van der Waals surface area contributed by atoms with Gasteiger partial charge in [-0.25, -0.2) is 0 Å². The van der Waals surface area contributed by atoms with Gasteiger partial charge in [-0.1, -0.05) is 110 Å². The zero-order chi connectivity index (χ0) is 19.5. The Morgan fingerprint density at radius 1 is 0.655 bits per heavy atom. The molecule has 0 spiro atoms. The number of benzene rings is 3. The molecule has 146 valence electrons. The Morgan fingerprint density at radius 3 is 1.90 bits per heavy atom. The molecule has 5 rings (SSSR count). The SMILES string of the molecule is C1=C(CP(c2ccccc2)c2ccccc2)c2ccccc2C1C1CCCCC1. The summed E-state index contributed by atoms with van der Waals surface area (Å²) in [5.41, 5.74) is 4.68.